The fourth-order valence-corrected chi connectivity index (χ4v) is 4.27. The molecule has 2 aromatic carbocycles. The molecule has 0 unspecified atom stereocenters. The van der Waals surface area contributed by atoms with E-state index < -0.39 is 0 Å². The number of aromatic nitrogens is 2. The van der Waals surface area contributed by atoms with Crippen molar-refractivity contribution in [3.63, 3.8) is 0 Å². The van der Waals surface area contributed by atoms with Gasteiger partial charge in [0.25, 0.3) is 5.56 Å². The Labute approximate surface area is 179 Å². The van der Waals surface area contributed by atoms with E-state index >= 15 is 0 Å². The van der Waals surface area contributed by atoms with Gasteiger partial charge in [-0.1, -0.05) is 11.2 Å². The summed E-state index contributed by atoms with van der Waals surface area (Å²) >= 11 is 0. The normalized spacial score (nSPS) is 17.5. The van der Waals surface area contributed by atoms with Gasteiger partial charge in [-0.3, -0.25) is 14.3 Å². The Morgan fingerprint density at radius 1 is 1.16 bits per heavy atom. The van der Waals surface area contributed by atoms with Crippen LogP contribution in [0.15, 0.2) is 46.3 Å². The van der Waals surface area contributed by atoms with E-state index in [1.807, 2.05) is 18.2 Å². The van der Waals surface area contributed by atoms with Crippen LogP contribution in [0.2, 0.25) is 0 Å². The Bertz CT molecular complexity index is 1310. The molecule has 8 nitrogen and oxygen atoms in total. The predicted octanol–water partition coefficient (Wildman–Crippen LogP) is 1.72. The number of likely N-dealkylation sites (N-methyl/N-ethyl adjacent to an activating group) is 1. The molecule has 3 heterocycles. The first kappa shape index (κ1) is 19.4. The molecule has 31 heavy (non-hydrogen) atoms. The molecule has 0 spiro atoms. The van der Waals surface area contributed by atoms with Crippen LogP contribution in [-0.2, 0) is 11.4 Å². The molecule has 0 bridgehead atoms. The van der Waals surface area contributed by atoms with Crippen LogP contribution in [0, 0.1) is 11.3 Å². The Kier molecular flexibility index (Phi) is 4.77. The first-order valence-electron chi connectivity index (χ1n) is 10.2. The summed E-state index contributed by atoms with van der Waals surface area (Å²) in [4.78, 5) is 27.9. The number of rotatable bonds is 3. The maximum Gasteiger partial charge on any atom is 0.266 e. The lowest BCUT2D eigenvalue weighted by Crippen LogP contribution is -2.43. The van der Waals surface area contributed by atoms with Gasteiger partial charge in [0.1, 0.15) is 7.11 Å². The number of hydrogen-bond donors (Lipinski definition) is 0. The Morgan fingerprint density at radius 2 is 1.97 bits per heavy atom. The van der Waals surface area contributed by atoms with E-state index in [0.29, 0.717) is 39.3 Å². The van der Waals surface area contributed by atoms with Gasteiger partial charge >= 0.3 is 0 Å². The van der Waals surface area contributed by atoms with Crippen molar-refractivity contribution in [3.05, 3.63) is 69.3 Å². The molecule has 2 aliphatic heterocycles. The van der Waals surface area contributed by atoms with Gasteiger partial charge in [-0.25, -0.2) is 4.98 Å². The zero-order chi connectivity index (χ0) is 21.5. The topological polar surface area (TPSA) is 86.8 Å². The lowest BCUT2D eigenvalue weighted by atomic mass is 10.1. The highest BCUT2D eigenvalue weighted by atomic mass is 16.6. The predicted molar refractivity (Wildman–Crippen MR) is 117 cm³/mol. The largest absolute Gasteiger partial charge is 0.399 e. The highest BCUT2D eigenvalue weighted by Crippen LogP contribution is 2.28. The van der Waals surface area contributed by atoms with Crippen LogP contribution >= 0.6 is 0 Å². The Hall–Kier alpha value is -3.54. The summed E-state index contributed by atoms with van der Waals surface area (Å²) in [6, 6.07) is 13.1. The number of benzene rings is 2. The van der Waals surface area contributed by atoms with Crippen LogP contribution in [0.1, 0.15) is 22.5 Å². The smallest absolute Gasteiger partial charge is 0.266 e. The molecule has 0 amide bonds. The van der Waals surface area contributed by atoms with Crippen molar-refractivity contribution < 1.29 is 4.84 Å². The monoisotopic (exact) mass is 414 g/mol. The van der Waals surface area contributed by atoms with Crippen molar-refractivity contribution in [2.75, 3.05) is 40.3 Å². The van der Waals surface area contributed by atoms with E-state index in [1.54, 1.807) is 22.8 Å². The SMILES string of the molecule is CO/N=C1\c2cc(C#N)ccc2-n2c1nc1cc(CN3CCN(C)CC3)ccc1c2=O. The van der Waals surface area contributed by atoms with Gasteiger partial charge in [0, 0.05) is 38.3 Å². The quantitative estimate of drug-likeness (QED) is 0.475. The van der Waals surface area contributed by atoms with Crippen LogP contribution in [0.25, 0.3) is 16.6 Å². The van der Waals surface area contributed by atoms with Crippen LogP contribution in [-0.4, -0.2) is 65.4 Å². The van der Waals surface area contributed by atoms with Crippen molar-refractivity contribution in [2.24, 2.45) is 5.16 Å². The summed E-state index contributed by atoms with van der Waals surface area (Å²) in [5.74, 6) is 0.432. The zero-order valence-corrected chi connectivity index (χ0v) is 17.5. The van der Waals surface area contributed by atoms with Gasteiger partial charge in [0.2, 0.25) is 0 Å². The number of nitriles is 1. The molecular formula is C23H22N6O2. The number of hydrogen-bond acceptors (Lipinski definition) is 7. The second-order valence-corrected chi connectivity index (χ2v) is 7.97. The van der Waals surface area contributed by atoms with Crippen LogP contribution in [0.4, 0.5) is 0 Å². The van der Waals surface area contributed by atoms with Crippen molar-refractivity contribution >= 4 is 16.6 Å². The van der Waals surface area contributed by atoms with Crippen molar-refractivity contribution in [2.45, 2.75) is 6.54 Å². The molecule has 0 aliphatic carbocycles. The summed E-state index contributed by atoms with van der Waals surface area (Å²) in [5.41, 5.74) is 3.88. The Morgan fingerprint density at radius 3 is 2.71 bits per heavy atom. The third-order valence-electron chi connectivity index (χ3n) is 5.95. The molecule has 0 radical (unpaired) electrons. The lowest BCUT2D eigenvalue weighted by molar-refractivity contribution is 0.148. The van der Waals surface area contributed by atoms with Gasteiger partial charge in [-0.2, -0.15) is 5.26 Å². The first-order valence-corrected chi connectivity index (χ1v) is 10.2. The van der Waals surface area contributed by atoms with Gasteiger partial charge in [0.05, 0.1) is 28.2 Å². The number of fused-ring (bicyclic) bond motifs is 4. The van der Waals surface area contributed by atoms with Crippen molar-refractivity contribution in [1.82, 2.24) is 19.4 Å². The summed E-state index contributed by atoms with van der Waals surface area (Å²) in [6.45, 7) is 4.99. The lowest BCUT2D eigenvalue weighted by Gasteiger charge is -2.32. The molecule has 3 aromatic rings. The van der Waals surface area contributed by atoms with Gasteiger partial charge < -0.3 is 9.74 Å². The number of oxime groups is 1. The minimum atomic E-state index is -0.154. The molecule has 0 saturated carbocycles. The highest BCUT2D eigenvalue weighted by molar-refractivity contribution is 6.16. The van der Waals surface area contributed by atoms with Gasteiger partial charge in [-0.05, 0) is 42.9 Å². The summed E-state index contributed by atoms with van der Waals surface area (Å²) in [7, 11) is 3.60. The molecule has 0 N–H and O–H groups in total. The molecule has 1 fully saturated rings. The molecule has 2 aliphatic rings. The van der Waals surface area contributed by atoms with Crippen molar-refractivity contribution in [1.29, 1.82) is 5.26 Å². The maximum atomic E-state index is 13.4. The molecular weight excluding hydrogens is 392 g/mol. The van der Waals surface area contributed by atoms with Gasteiger partial charge in [-0.15, -0.1) is 0 Å². The fraction of sp³-hybridized carbons (Fsp3) is 0.304. The molecule has 1 aromatic heterocycles. The molecule has 1 saturated heterocycles. The fourth-order valence-electron chi connectivity index (χ4n) is 4.27. The molecule has 0 atom stereocenters. The average molecular weight is 414 g/mol. The van der Waals surface area contributed by atoms with E-state index in [4.69, 9.17) is 9.82 Å². The minimum absolute atomic E-state index is 0.154. The third kappa shape index (κ3) is 3.28. The van der Waals surface area contributed by atoms with E-state index in [2.05, 4.69) is 28.1 Å². The summed E-state index contributed by atoms with van der Waals surface area (Å²) in [6.07, 6.45) is 0. The van der Waals surface area contributed by atoms with Crippen molar-refractivity contribution in [3.8, 4) is 11.8 Å². The van der Waals surface area contributed by atoms with Crippen LogP contribution in [0.3, 0.4) is 0 Å². The standard InChI is InChI=1S/C23H22N6O2/c1-27-7-9-28(10-8-27)14-16-3-5-17-19(12-16)25-22-21(26-31-2)18-11-15(13-24)4-6-20(18)29(22)23(17)30/h3-6,11-12H,7-10,14H2,1-2H3/b26-21+. The third-order valence-corrected chi connectivity index (χ3v) is 5.95. The Balaban J connectivity index is 1.60. The molecule has 5 rings (SSSR count). The second kappa shape index (κ2) is 7.61. The summed E-state index contributed by atoms with van der Waals surface area (Å²) < 4.78 is 1.55. The molecule has 156 valence electrons. The van der Waals surface area contributed by atoms with E-state index in [0.717, 1.165) is 38.3 Å². The average Bonchev–Trinajstić information content (AvgIpc) is 3.08. The number of piperazine rings is 1. The number of nitrogens with zero attached hydrogens (tertiary/aromatic N) is 6. The van der Waals surface area contributed by atoms with Gasteiger partial charge in [0.15, 0.2) is 11.5 Å². The zero-order valence-electron chi connectivity index (χ0n) is 17.5. The highest BCUT2D eigenvalue weighted by Gasteiger charge is 2.30. The maximum absolute atomic E-state index is 13.4. The minimum Gasteiger partial charge on any atom is -0.399 e. The van der Waals surface area contributed by atoms with Crippen LogP contribution < -0.4 is 5.56 Å². The van der Waals surface area contributed by atoms with E-state index in [1.165, 1.54) is 7.11 Å². The summed E-state index contributed by atoms with van der Waals surface area (Å²) in [5, 5.41) is 14.0. The molecule has 8 heteroatoms. The first-order chi connectivity index (χ1) is 15.1. The van der Waals surface area contributed by atoms with E-state index in [-0.39, 0.29) is 5.56 Å². The van der Waals surface area contributed by atoms with E-state index in [9.17, 15) is 10.1 Å². The van der Waals surface area contributed by atoms with Crippen LogP contribution in [0.5, 0.6) is 0 Å². The second-order valence-electron chi connectivity index (χ2n) is 7.97.